The monoisotopic (exact) mass is 309 g/mol. The first-order valence-corrected chi connectivity index (χ1v) is 6.77. The predicted octanol–water partition coefficient (Wildman–Crippen LogP) is 3.40. The van der Waals surface area contributed by atoms with E-state index in [1.54, 1.807) is 18.3 Å². The van der Waals surface area contributed by atoms with Gasteiger partial charge in [0.05, 0.1) is 17.9 Å². The molecule has 1 aromatic heterocycles. The zero-order valence-corrected chi connectivity index (χ0v) is 11.3. The molecule has 18 heavy (non-hydrogen) atoms. The Labute approximate surface area is 113 Å². The van der Waals surface area contributed by atoms with Crippen molar-refractivity contribution in [1.29, 1.82) is 0 Å². The molecule has 1 aliphatic heterocycles. The molecule has 2 N–H and O–H groups in total. The Balaban J connectivity index is 1.94. The largest absolute Gasteiger partial charge is 0.341 e. The van der Waals surface area contributed by atoms with Crippen LogP contribution in [0.15, 0.2) is 28.9 Å². The summed E-state index contributed by atoms with van der Waals surface area (Å²) in [5.41, 5.74) is 1.26. The molecule has 2 heterocycles. The summed E-state index contributed by atoms with van der Waals surface area (Å²) in [4.78, 5) is 7.55. The fourth-order valence-electron chi connectivity index (χ4n) is 2.27. The fraction of sp³-hybridized carbons (Fsp3) is 0.308. The van der Waals surface area contributed by atoms with Gasteiger partial charge in [0.25, 0.3) is 0 Å². The van der Waals surface area contributed by atoms with Crippen molar-refractivity contribution in [2.24, 2.45) is 0 Å². The van der Waals surface area contributed by atoms with Crippen molar-refractivity contribution in [3.63, 3.8) is 0 Å². The molecule has 1 atom stereocenters. The van der Waals surface area contributed by atoms with Crippen LogP contribution in [0, 0.1) is 5.82 Å². The number of H-pyrrole nitrogens is 1. The zero-order chi connectivity index (χ0) is 12.5. The molecular weight excluding hydrogens is 297 g/mol. The van der Waals surface area contributed by atoms with Gasteiger partial charge >= 0.3 is 0 Å². The lowest BCUT2D eigenvalue weighted by Gasteiger charge is -2.06. The van der Waals surface area contributed by atoms with Crippen LogP contribution in [0.3, 0.4) is 0 Å². The number of imidazole rings is 1. The number of nitrogens with one attached hydrogen (secondary N) is 2. The van der Waals surface area contributed by atoms with E-state index in [9.17, 15) is 4.39 Å². The first-order valence-electron chi connectivity index (χ1n) is 5.98. The average Bonchev–Trinajstić information content (AvgIpc) is 3.00. The predicted molar refractivity (Wildman–Crippen MR) is 71.7 cm³/mol. The number of hydrogen-bond donors (Lipinski definition) is 2. The topological polar surface area (TPSA) is 40.7 Å². The van der Waals surface area contributed by atoms with Crippen molar-refractivity contribution >= 4 is 15.9 Å². The average molecular weight is 310 g/mol. The molecule has 0 radical (unpaired) electrons. The van der Waals surface area contributed by atoms with E-state index in [1.807, 2.05) is 0 Å². The minimum atomic E-state index is -0.243. The molecule has 5 heteroatoms. The molecular formula is C13H13BrFN3. The lowest BCUT2D eigenvalue weighted by molar-refractivity contribution is 0.612. The van der Waals surface area contributed by atoms with Crippen LogP contribution in [0.1, 0.15) is 24.7 Å². The zero-order valence-electron chi connectivity index (χ0n) is 9.71. The quantitative estimate of drug-likeness (QED) is 0.892. The van der Waals surface area contributed by atoms with E-state index in [0.717, 1.165) is 35.4 Å². The third kappa shape index (κ3) is 2.20. The van der Waals surface area contributed by atoms with Crippen LogP contribution in [0.25, 0.3) is 11.3 Å². The summed E-state index contributed by atoms with van der Waals surface area (Å²) in [7, 11) is 0. The number of rotatable bonds is 2. The normalized spacial score (nSPS) is 19.3. The maximum atomic E-state index is 13.8. The van der Waals surface area contributed by atoms with Crippen LogP contribution in [0.4, 0.5) is 4.39 Å². The van der Waals surface area contributed by atoms with E-state index in [2.05, 4.69) is 31.2 Å². The van der Waals surface area contributed by atoms with Crippen molar-refractivity contribution in [3.8, 4) is 11.3 Å². The number of aromatic amines is 1. The lowest BCUT2D eigenvalue weighted by Crippen LogP contribution is -2.14. The van der Waals surface area contributed by atoms with Crippen LogP contribution >= 0.6 is 15.9 Å². The number of nitrogens with zero attached hydrogens (tertiary/aromatic N) is 1. The Bertz CT molecular complexity index is 561. The molecule has 0 bridgehead atoms. The Kier molecular flexibility index (Phi) is 3.18. The van der Waals surface area contributed by atoms with Crippen LogP contribution < -0.4 is 5.32 Å². The van der Waals surface area contributed by atoms with Gasteiger partial charge in [0.2, 0.25) is 0 Å². The molecule has 1 fully saturated rings. The summed E-state index contributed by atoms with van der Waals surface area (Å²) in [5.74, 6) is 0.648. The maximum Gasteiger partial charge on any atom is 0.132 e. The van der Waals surface area contributed by atoms with E-state index >= 15 is 0 Å². The van der Waals surface area contributed by atoms with Gasteiger partial charge in [0.15, 0.2) is 0 Å². The van der Waals surface area contributed by atoms with Crippen LogP contribution in [-0.4, -0.2) is 16.5 Å². The SMILES string of the molecule is Fc1ccc(Br)cc1-c1cnc(C2CCCN2)[nH]1. The molecule has 2 aromatic rings. The van der Waals surface area contributed by atoms with Gasteiger partial charge in [-0.3, -0.25) is 0 Å². The second-order valence-corrected chi connectivity index (χ2v) is 5.37. The molecule has 3 nitrogen and oxygen atoms in total. The standard InChI is InChI=1S/C13H13BrFN3/c14-8-3-4-10(15)9(6-8)12-7-17-13(18-12)11-2-1-5-16-11/h3-4,6-7,11,16H,1-2,5H2,(H,17,18). The number of aromatic nitrogens is 2. The van der Waals surface area contributed by atoms with Crippen molar-refractivity contribution in [3.05, 3.63) is 40.5 Å². The lowest BCUT2D eigenvalue weighted by atomic mass is 10.1. The highest BCUT2D eigenvalue weighted by Gasteiger charge is 2.19. The first kappa shape index (κ1) is 11.9. The number of hydrogen-bond acceptors (Lipinski definition) is 2. The van der Waals surface area contributed by atoms with Gasteiger partial charge in [0, 0.05) is 10.0 Å². The summed E-state index contributed by atoms with van der Waals surface area (Å²) in [6.45, 7) is 1.02. The van der Waals surface area contributed by atoms with Gasteiger partial charge in [0.1, 0.15) is 11.6 Å². The third-order valence-corrected chi connectivity index (χ3v) is 3.70. The minimum Gasteiger partial charge on any atom is -0.341 e. The molecule has 1 aromatic carbocycles. The molecule has 3 rings (SSSR count). The van der Waals surface area contributed by atoms with Gasteiger partial charge < -0.3 is 10.3 Å². The van der Waals surface area contributed by atoms with E-state index in [4.69, 9.17) is 0 Å². The third-order valence-electron chi connectivity index (χ3n) is 3.20. The second-order valence-electron chi connectivity index (χ2n) is 4.46. The molecule has 94 valence electrons. The van der Waals surface area contributed by atoms with Gasteiger partial charge in [-0.2, -0.15) is 0 Å². The number of halogens is 2. The molecule has 1 aliphatic rings. The van der Waals surface area contributed by atoms with Crippen molar-refractivity contribution in [1.82, 2.24) is 15.3 Å². The maximum absolute atomic E-state index is 13.8. The molecule has 0 amide bonds. The molecule has 1 saturated heterocycles. The van der Waals surface area contributed by atoms with Crippen molar-refractivity contribution < 1.29 is 4.39 Å². The van der Waals surface area contributed by atoms with Crippen molar-refractivity contribution in [2.45, 2.75) is 18.9 Å². The van der Waals surface area contributed by atoms with Crippen LogP contribution in [-0.2, 0) is 0 Å². The van der Waals surface area contributed by atoms with Gasteiger partial charge in [-0.05, 0) is 37.6 Å². The molecule has 0 aliphatic carbocycles. The first-order chi connectivity index (χ1) is 8.74. The van der Waals surface area contributed by atoms with Gasteiger partial charge in [-0.15, -0.1) is 0 Å². The van der Waals surface area contributed by atoms with E-state index in [0.29, 0.717) is 5.56 Å². The summed E-state index contributed by atoms with van der Waals surface area (Å²) in [6.07, 6.45) is 3.93. The molecule has 1 unspecified atom stereocenters. The highest BCUT2D eigenvalue weighted by molar-refractivity contribution is 9.10. The van der Waals surface area contributed by atoms with E-state index in [-0.39, 0.29) is 11.9 Å². The van der Waals surface area contributed by atoms with Crippen molar-refractivity contribution in [2.75, 3.05) is 6.54 Å². The van der Waals surface area contributed by atoms with Gasteiger partial charge in [-0.1, -0.05) is 15.9 Å². The Morgan fingerprint density at radius 1 is 1.39 bits per heavy atom. The summed E-state index contributed by atoms with van der Waals surface area (Å²) in [6, 6.07) is 5.17. The summed E-state index contributed by atoms with van der Waals surface area (Å²) in [5, 5.41) is 3.37. The van der Waals surface area contributed by atoms with Crippen LogP contribution in [0.2, 0.25) is 0 Å². The summed E-state index contributed by atoms with van der Waals surface area (Å²) < 4.78 is 14.6. The van der Waals surface area contributed by atoms with Gasteiger partial charge in [-0.25, -0.2) is 9.37 Å². The minimum absolute atomic E-state index is 0.243. The fourth-order valence-corrected chi connectivity index (χ4v) is 2.63. The Hall–Kier alpha value is -1.20. The smallest absolute Gasteiger partial charge is 0.132 e. The Morgan fingerprint density at radius 3 is 3.06 bits per heavy atom. The highest BCUT2D eigenvalue weighted by atomic mass is 79.9. The number of benzene rings is 1. The highest BCUT2D eigenvalue weighted by Crippen LogP contribution is 2.27. The van der Waals surface area contributed by atoms with Crippen LogP contribution in [0.5, 0.6) is 0 Å². The van der Waals surface area contributed by atoms with E-state index in [1.165, 1.54) is 6.07 Å². The molecule has 0 saturated carbocycles. The van der Waals surface area contributed by atoms with E-state index < -0.39 is 0 Å². The Morgan fingerprint density at radius 2 is 2.28 bits per heavy atom. The molecule has 0 spiro atoms. The second kappa shape index (κ2) is 4.82. The summed E-state index contributed by atoms with van der Waals surface area (Å²) >= 11 is 3.35.